The molecule has 0 saturated carbocycles. The first-order valence-electron chi connectivity index (χ1n) is 10.4. The van der Waals surface area contributed by atoms with Crippen molar-refractivity contribution in [3.63, 3.8) is 0 Å². The quantitative estimate of drug-likeness (QED) is 0.399. The number of rotatable bonds is 9. The molecule has 0 aliphatic heterocycles. The second-order valence-corrected chi connectivity index (χ2v) is 15.5. The fourth-order valence-electron chi connectivity index (χ4n) is 2.74. The van der Waals surface area contributed by atoms with E-state index in [0.717, 1.165) is 16.9 Å². The Morgan fingerprint density at radius 3 is 2.13 bits per heavy atom. The molecule has 166 valence electrons. The molecule has 0 saturated heterocycles. The Morgan fingerprint density at radius 2 is 1.53 bits per heavy atom. The molecule has 6 heteroatoms. The Hall–Kier alpha value is -1.63. The molecule has 1 atom stereocenters. The van der Waals surface area contributed by atoms with Crippen LogP contribution in [0.25, 0.3) is 0 Å². The summed E-state index contributed by atoms with van der Waals surface area (Å²) in [5.74, 6) is 1.47. The first-order valence-corrected chi connectivity index (χ1v) is 14.3. The van der Waals surface area contributed by atoms with Crippen LogP contribution in [-0.2, 0) is 21.0 Å². The highest BCUT2D eigenvalue weighted by molar-refractivity contribution is 7.75. The number of hydrogen-bond donors (Lipinski definition) is 0. The van der Waals surface area contributed by atoms with E-state index in [0.29, 0.717) is 18.8 Å². The van der Waals surface area contributed by atoms with Crippen LogP contribution in [0, 0.1) is 6.92 Å². The molecular weight excluding hydrogens is 412 g/mol. The molecule has 0 heterocycles. The zero-order valence-electron chi connectivity index (χ0n) is 19.6. The van der Waals surface area contributed by atoms with Gasteiger partial charge in [-0.2, -0.15) is 4.21 Å². The van der Waals surface area contributed by atoms with Crippen LogP contribution in [0.5, 0.6) is 11.5 Å². The Morgan fingerprint density at radius 1 is 0.933 bits per heavy atom. The molecule has 2 rings (SSSR count). The summed E-state index contributed by atoms with van der Waals surface area (Å²) in [6.45, 7) is 17.9. The second kappa shape index (κ2) is 9.67. The lowest BCUT2D eigenvalue weighted by Gasteiger charge is -2.38. The summed E-state index contributed by atoms with van der Waals surface area (Å²) in [5, 5.41) is 0.123. The third kappa shape index (κ3) is 6.69. The molecule has 4 nitrogen and oxygen atoms in total. The standard InChI is InChI=1S/C24H36O4SSi/c1-19-13-15-20(16-14-19)27-29(25)26-18-17-24(5,6)21-11-9-10-12-22(21)28-30(7,8)23(2,3)4/h9-16H,17-18H2,1-8H3. The minimum atomic E-state index is -1.95. The minimum absolute atomic E-state index is 0.123. The molecule has 0 radical (unpaired) electrons. The zero-order valence-corrected chi connectivity index (χ0v) is 21.4. The van der Waals surface area contributed by atoms with Crippen LogP contribution < -0.4 is 8.61 Å². The van der Waals surface area contributed by atoms with Crippen LogP contribution in [-0.4, -0.2) is 19.1 Å². The van der Waals surface area contributed by atoms with E-state index in [1.165, 1.54) is 0 Å². The highest BCUT2D eigenvalue weighted by Gasteiger charge is 2.40. The van der Waals surface area contributed by atoms with Crippen molar-refractivity contribution in [2.24, 2.45) is 0 Å². The molecule has 2 aromatic rings. The van der Waals surface area contributed by atoms with Crippen molar-refractivity contribution in [3.05, 3.63) is 59.7 Å². The molecule has 30 heavy (non-hydrogen) atoms. The first-order chi connectivity index (χ1) is 13.8. The maximum Gasteiger partial charge on any atom is 0.360 e. The number of para-hydroxylation sites is 1. The van der Waals surface area contributed by atoms with Gasteiger partial charge >= 0.3 is 11.4 Å². The number of hydrogen-bond acceptors (Lipinski definition) is 4. The lowest BCUT2D eigenvalue weighted by atomic mass is 9.81. The van der Waals surface area contributed by atoms with Crippen LogP contribution >= 0.6 is 0 Å². The Kier molecular flexibility index (Phi) is 7.94. The van der Waals surface area contributed by atoms with E-state index >= 15 is 0 Å². The van der Waals surface area contributed by atoms with Crippen molar-refractivity contribution in [1.82, 2.24) is 0 Å². The molecule has 0 fully saturated rings. The van der Waals surface area contributed by atoms with E-state index in [-0.39, 0.29) is 10.5 Å². The molecule has 0 aromatic heterocycles. The average molecular weight is 449 g/mol. The van der Waals surface area contributed by atoms with Crippen molar-refractivity contribution in [2.75, 3.05) is 6.61 Å². The maximum absolute atomic E-state index is 12.1. The van der Waals surface area contributed by atoms with Gasteiger partial charge in [-0.15, -0.1) is 0 Å². The predicted octanol–water partition coefficient (Wildman–Crippen LogP) is 6.72. The van der Waals surface area contributed by atoms with Gasteiger partial charge in [-0.1, -0.05) is 70.5 Å². The minimum Gasteiger partial charge on any atom is -0.543 e. The summed E-state index contributed by atoms with van der Waals surface area (Å²) >= 11 is -1.83. The molecule has 1 unspecified atom stereocenters. The normalized spacial score (nSPS) is 13.7. The summed E-state index contributed by atoms with van der Waals surface area (Å²) in [4.78, 5) is 0. The largest absolute Gasteiger partial charge is 0.543 e. The van der Waals surface area contributed by atoms with E-state index in [4.69, 9.17) is 12.8 Å². The van der Waals surface area contributed by atoms with E-state index in [1.54, 1.807) is 12.1 Å². The van der Waals surface area contributed by atoms with Crippen molar-refractivity contribution in [1.29, 1.82) is 0 Å². The third-order valence-electron chi connectivity index (χ3n) is 5.88. The Labute approximate surface area is 186 Å². The van der Waals surface area contributed by atoms with E-state index < -0.39 is 19.7 Å². The summed E-state index contributed by atoms with van der Waals surface area (Å²) in [7, 11) is -1.95. The van der Waals surface area contributed by atoms with Gasteiger partial charge in [-0.05, 0) is 60.7 Å². The lowest BCUT2D eigenvalue weighted by Crippen LogP contribution is -2.44. The van der Waals surface area contributed by atoms with Gasteiger partial charge in [0.25, 0.3) is 0 Å². The zero-order chi connectivity index (χ0) is 22.6. The highest BCUT2D eigenvalue weighted by Crippen LogP contribution is 2.41. The molecular formula is C24H36O4SSi. The molecule has 0 spiro atoms. The lowest BCUT2D eigenvalue weighted by molar-refractivity contribution is 0.270. The monoisotopic (exact) mass is 448 g/mol. The van der Waals surface area contributed by atoms with Gasteiger partial charge in [-0.3, -0.25) is 4.18 Å². The van der Waals surface area contributed by atoms with Crippen LogP contribution in [0.4, 0.5) is 0 Å². The van der Waals surface area contributed by atoms with Gasteiger partial charge in [0.05, 0.1) is 6.61 Å². The Bertz CT molecular complexity index is 854. The molecule has 0 aliphatic carbocycles. The van der Waals surface area contributed by atoms with Gasteiger partial charge in [0.2, 0.25) is 8.32 Å². The van der Waals surface area contributed by atoms with Crippen LogP contribution in [0.3, 0.4) is 0 Å². The van der Waals surface area contributed by atoms with Crippen LogP contribution in [0.1, 0.15) is 52.2 Å². The van der Waals surface area contributed by atoms with E-state index in [1.807, 2.05) is 31.2 Å². The van der Waals surface area contributed by atoms with Gasteiger partial charge in [0.1, 0.15) is 11.5 Å². The summed E-state index contributed by atoms with van der Waals surface area (Å²) in [5.41, 5.74) is 2.06. The fraction of sp³-hybridized carbons (Fsp3) is 0.500. The molecule has 2 aromatic carbocycles. The summed E-state index contributed by atoms with van der Waals surface area (Å²) in [6, 6.07) is 15.6. The SMILES string of the molecule is Cc1ccc(OS(=O)OCCC(C)(C)c2ccccc2O[Si](C)(C)C(C)(C)C)cc1. The summed E-state index contributed by atoms with van der Waals surface area (Å²) < 4.78 is 29.5. The topological polar surface area (TPSA) is 44.8 Å². The van der Waals surface area contributed by atoms with Crippen molar-refractivity contribution >= 4 is 19.7 Å². The van der Waals surface area contributed by atoms with Gasteiger partial charge in [0, 0.05) is 0 Å². The van der Waals surface area contributed by atoms with Gasteiger partial charge in [0.15, 0.2) is 0 Å². The van der Waals surface area contributed by atoms with Crippen molar-refractivity contribution < 1.29 is 17.0 Å². The summed E-state index contributed by atoms with van der Waals surface area (Å²) in [6.07, 6.45) is 0.688. The van der Waals surface area contributed by atoms with Gasteiger partial charge in [-0.25, -0.2) is 0 Å². The molecule has 0 bridgehead atoms. The molecule has 0 amide bonds. The molecule has 0 aliphatic rings. The molecule has 0 N–H and O–H groups in total. The number of aryl methyl sites for hydroxylation is 1. The maximum atomic E-state index is 12.1. The highest BCUT2D eigenvalue weighted by atomic mass is 32.2. The van der Waals surface area contributed by atoms with E-state index in [9.17, 15) is 4.21 Å². The average Bonchev–Trinajstić information content (AvgIpc) is 2.62. The van der Waals surface area contributed by atoms with Crippen LogP contribution in [0.2, 0.25) is 18.1 Å². The smallest absolute Gasteiger partial charge is 0.360 e. The van der Waals surface area contributed by atoms with Gasteiger partial charge < -0.3 is 8.61 Å². The van der Waals surface area contributed by atoms with Crippen molar-refractivity contribution in [2.45, 2.75) is 71.5 Å². The van der Waals surface area contributed by atoms with Crippen LogP contribution in [0.15, 0.2) is 48.5 Å². The Balaban J connectivity index is 2.02. The second-order valence-electron chi connectivity index (χ2n) is 9.91. The fourth-order valence-corrected chi connectivity index (χ4v) is 4.31. The third-order valence-corrected chi connectivity index (χ3v) is 10.9. The van der Waals surface area contributed by atoms with E-state index in [2.05, 4.69) is 59.8 Å². The first kappa shape index (κ1) is 24.6. The van der Waals surface area contributed by atoms with Crippen molar-refractivity contribution in [3.8, 4) is 11.5 Å². The number of benzene rings is 2. The predicted molar refractivity (Wildman–Crippen MR) is 128 cm³/mol.